The van der Waals surface area contributed by atoms with Gasteiger partial charge in [-0.05, 0) is 51.4 Å². The number of hydrogen-bond acceptors (Lipinski definition) is 5. The summed E-state index contributed by atoms with van der Waals surface area (Å²) >= 11 is 0. The van der Waals surface area contributed by atoms with Gasteiger partial charge >= 0.3 is 0 Å². The van der Waals surface area contributed by atoms with E-state index in [4.69, 9.17) is 9.15 Å². The first-order chi connectivity index (χ1) is 14.2. The standard InChI is InChI=1S/C24H29NO4/c26-19-17-22(18-9-3-1-4-10-18)29-20-11-12-21(24(27)23(19)20)28-16-8-7-15-25-13-5-2-6-14-25/h1,3-4,9-11,17,21,27H,2,5-8,12-16H2. The van der Waals surface area contributed by atoms with Crippen LogP contribution < -0.4 is 16.1 Å². The molecule has 1 aliphatic heterocycles. The SMILES string of the molecule is O=c1cc(-c2ccccc2)oc2c1=C(O)C(OCCCCN1CCCCC1)CC=2. The molecular weight excluding hydrogens is 366 g/mol. The van der Waals surface area contributed by atoms with Crippen LogP contribution in [0.1, 0.15) is 38.5 Å². The van der Waals surface area contributed by atoms with E-state index in [1.54, 1.807) is 0 Å². The molecule has 5 nitrogen and oxygen atoms in total. The maximum atomic E-state index is 12.6. The molecule has 1 N–H and O–H groups in total. The maximum Gasteiger partial charge on any atom is 0.196 e. The Kier molecular flexibility index (Phi) is 6.47. The van der Waals surface area contributed by atoms with E-state index in [-0.39, 0.29) is 16.4 Å². The summed E-state index contributed by atoms with van der Waals surface area (Å²) in [5.41, 5.74) is 1.03. The lowest BCUT2D eigenvalue weighted by atomic mass is 10.1. The predicted octanol–water partition coefficient (Wildman–Crippen LogP) is 2.81. The Morgan fingerprint density at radius 2 is 1.90 bits per heavy atom. The molecule has 1 atom stereocenters. The van der Waals surface area contributed by atoms with Gasteiger partial charge in [0.2, 0.25) is 0 Å². The van der Waals surface area contributed by atoms with Gasteiger partial charge < -0.3 is 19.2 Å². The van der Waals surface area contributed by atoms with Gasteiger partial charge in [-0.15, -0.1) is 0 Å². The quantitative estimate of drug-likeness (QED) is 0.731. The minimum absolute atomic E-state index is 0.00751. The second-order valence-electron chi connectivity index (χ2n) is 7.87. The van der Waals surface area contributed by atoms with Gasteiger partial charge in [0.15, 0.2) is 5.43 Å². The normalized spacial score (nSPS) is 19.6. The van der Waals surface area contributed by atoms with E-state index in [0.29, 0.717) is 24.2 Å². The fourth-order valence-electron chi connectivity index (χ4n) is 4.13. The van der Waals surface area contributed by atoms with Crippen molar-refractivity contribution in [2.45, 2.75) is 44.6 Å². The van der Waals surface area contributed by atoms with Crippen molar-refractivity contribution in [2.75, 3.05) is 26.2 Å². The lowest BCUT2D eigenvalue weighted by Crippen LogP contribution is -2.45. The van der Waals surface area contributed by atoms with Crippen molar-refractivity contribution in [1.29, 1.82) is 0 Å². The van der Waals surface area contributed by atoms with Gasteiger partial charge in [-0.25, -0.2) is 0 Å². The minimum atomic E-state index is -0.469. The van der Waals surface area contributed by atoms with Crippen LogP contribution in [0, 0.1) is 0 Å². The lowest BCUT2D eigenvalue weighted by Gasteiger charge is -2.26. The first-order valence-corrected chi connectivity index (χ1v) is 10.7. The van der Waals surface area contributed by atoms with Crippen LogP contribution in [0.25, 0.3) is 23.2 Å². The summed E-state index contributed by atoms with van der Waals surface area (Å²) in [4.78, 5) is 15.2. The zero-order valence-electron chi connectivity index (χ0n) is 16.8. The van der Waals surface area contributed by atoms with Gasteiger partial charge in [-0.3, -0.25) is 4.79 Å². The summed E-state index contributed by atoms with van der Waals surface area (Å²) in [5, 5.41) is 10.9. The molecule has 2 aliphatic rings. The van der Waals surface area contributed by atoms with E-state index in [9.17, 15) is 9.90 Å². The summed E-state index contributed by atoms with van der Waals surface area (Å²) in [6.07, 6.45) is 7.91. The van der Waals surface area contributed by atoms with Gasteiger partial charge in [-0.1, -0.05) is 36.8 Å². The second kappa shape index (κ2) is 9.42. The largest absolute Gasteiger partial charge is 0.509 e. The highest BCUT2D eigenvalue weighted by Gasteiger charge is 2.21. The maximum absolute atomic E-state index is 12.6. The number of piperidine rings is 1. The molecule has 2 heterocycles. The highest BCUT2D eigenvalue weighted by Crippen LogP contribution is 2.17. The molecule has 1 aliphatic carbocycles. The summed E-state index contributed by atoms with van der Waals surface area (Å²) in [6, 6.07) is 11.0. The predicted molar refractivity (Wildman–Crippen MR) is 114 cm³/mol. The van der Waals surface area contributed by atoms with E-state index in [1.165, 1.54) is 38.4 Å². The molecule has 1 unspecified atom stereocenters. The van der Waals surface area contributed by atoms with Crippen molar-refractivity contribution in [3.05, 3.63) is 57.3 Å². The Balaban J connectivity index is 1.39. The molecule has 0 radical (unpaired) electrons. The Labute approximate surface area is 170 Å². The number of ether oxygens (including phenoxy) is 1. The second-order valence-corrected chi connectivity index (χ2v) is 7.87. The number of aliphatic hydroxyl groups excluding tert-OH is 1. The smallest absolute Gasteiger partial charge is 0.196 e. The van der Waals surface area contributed by atoms with E-state index in [1.807, 2.05) is 36.4 Å². The van der Waals surface area contributed by atoms with Gasteiger partial charge in [-0.2, -0.15) is 0 Å². The fraction of sp³-hybridized carbons (Fsp3) is 0.458. The number of nitrogens with zero attached hydrogens (tertiary/aromatic N) is 1. The number of unbranched alkanes of at least 4 members (excludes halogenated alkanes) is 1. The third-order valence-electron chi connectivity index (χ3n) is 5.75. The average Bonchev–Trinajstić information content (AvgIpc) is 2.76. The van der Waals surface area contributed by atoms with Gasteiger partial charge in [0.05, 0.1) is 0 Å². The van der Waals surface area contributed by atoms with Crippen molar-refractivity contribution in [1.82, 2.24) is 4.90 Å². The lowest BCUT2D eigenvalue weighted by molar-refractivity contribution is 0.0715. The molecule has 0 spiro atoms. The zero-order valence-corrected chi connectivity index (χ0v) is 16.8. The highest BCUT2D eigenvalue weighted by molar-refractivity contribution is 5.57. The summed E-state index contributed by atoms with van der Waals surface area (Å²) in [5.74, 6) is 0.502. The first-order valence-electron chi connectivity index (χ1n) is 10.7. The van der Waals surface area contributed by atoms with Gasteiger partial charge in [0.25, 0.3) is 0 Å². The number of rotatable bonds is 7. The Hall–Kier alpha value is -2.37. The first kappa shape index (κ1) is 19.9. The monoisotopic (exact) mass is 395 g/mol. The Bertz CT molecular complexity index is 990. The molecule has 1 fully saturated rings. The molecule has 154 valence electrons. The van der Waals surface area contributed by atoms with Crippen LogP contribution in [-0.4, -0.2) is 42.4 Å². The van der Waals surface area contributed by atoms with Gasteiger partial charge in [0.1, 0.15) is 28.3 Å². The summed E-state index contributed by atoms with van der Waals surface area (Å²) in [6.45, 7) is 4.12. The van der Waals surface area contributed by atoms with Gasteiger partial charge in [0, 0.05) is 24.7 Å². The zero-order chi connectivity index (χ0) is 20.1. The third-order valence-corrected chi connectivity index (χ3v) is 5.75. The van der Waals surface area contributed by atoms with Crippen molar-refractivity contribution in [3.8, 4) is 11.3 Å². The third kappa shape index (κ3) is 4.80. The molecule has 4 rings (SSSR count). The molecule has 2 aromatic rings. The van der Waals surface area contributed by atoms with Crippen LogP contribution in [0.5, 0.6) is 0 Å². The number of aliphatic hydroxyl groups is 1. The Morgan fingerprint density at radius 3 is 2.69 bits per heavy atom. The molecule has 29 heavy (non-hydrogen) atoms. The number of benzene rings is 1. The van der Waals surface area contributed by atoms with E-state index < -0.39 is 6.10 Å². The molecular formula is C24H29NO4. The van der Waals surface area contributed by atoms with Crippen molar-refractivity contribution in [3.63, 3.8) is 0 Å². The molecule has 1 saturated heterocycles. The number of likely N-dealkylation sites (tertiary alicyclic amines) is 1. The van der Waals surface area contributed by atoms with E-state index in [2.05, 4.69) is 4.90 Å². The van der Waals surface area contributed by atoms with Crippen molar-refractivity contribution in [2.24, 2.45) is 0 Å². The van der Waals surface area contributed by atoms with Crippen molar-refractivity contribution >= 4 is 11.8 Å². The minimum Gasteiger partial charge on any atom is -0.509 e. The summed E-state index contributed by atoms with van der Waals surface area (Å²) < 4.78 is 11.8. The van der Waals surface area contributed by atoms with Crippen LogP contribution in [0.4, 0.5) is 0 Å². The van der Waals surface area contributed by atoms with Crippen LogP contribution in [0.2, 0.25) is 0 Å². The number of hydrogen-bond donors (Lipinski definition) is 1. The molecule has 0 bridgehead atoms. The molecule has 1 aromatic carbocycles. The van der Waals surface area contributed by atoms with E-state index in [0.717, 1.165) is 24.9 Å². The topological polar surface area (TPSA) is 62.9 Å². The highest BCUT2D eigenvalue weighted by atomic mass is 16.5. The van der Waals surface area contributed by atoms with E-state index >= 15 is 0 Å². The summed E-state index contributed by atoms with van der Waals surface area (Å²) in [7, 11) is 0. The van der Waals surface area contributed by atoms with Crippen molar-refractivity contribution < 1.29 is 14.3 Å². The molecule has 5 heteroatoms. The molecule has 0 saturated carbocycles. The fourth-order valence-corrected chi connectivity index (χ4v) is 4.13. The van der Waals surface area contributed by atoms with Crippen LogP contribution in [-0.2, 0) is 4.74 Å². The van der Waals surface area contributed by atoms with Crippen LogP contribution >= 0.6 is 0 Å². The Morgan fingerprint density at radius 1 is 1.10 bits per heavy atom. The average molecular weight is 395 g/mol. The number of fused-ring (bicyclic) bond motifs is 1. The molecule has 1 aromatic heterocycles. The van der Waals surface area contributed by atoms with Crippen LogP contribution in [0.3, 0.4) is 0 Å². The van der Waals surface area contributed by atoms with Crippen LogP contribution in [0.15, 0.2) is 45.6 Å². The molecule has 0 amide bonds.